The van der Waals surface area contributed by atoms with Crippen LogP contribution in [0.25, 0.3) is 10.8 Å². The minimum absolute atomic E-state index is 0.250. The van der Waals surface area contributed by atoms with Gasteiger partial charge in [0.05, 0.1) is 16.8 Å². The van der Waals surface area contributed by atoms with Crippen molar-refractivity contribution in [3.05, 3.63) is 75.4 Å². The molecule has 0 aliphatic rings. The Morgan fingerprint density at radius 2 is 1.92 bits per heavy atom. The van der Waals surface area contributed by atoms with Crippen molar-refractivity contribution in [3.8, 4) is 0 Å². The summed E-state index contributed by atoms with van der Waals surface area (Å²) in [6.45, 7) is 0. The SMILES string of the molecule is NC(Cc1ccc(F)cc1)C(=O)Nc1cc2cc(=O)[nH]cc2cc1Cl. The number of pyridine rings is 1. The molecule has 1 atom stereocenters. The molecule has 3 rings (SSSR count). The zero-order chi connectivity index (χ0) is 18.0. The zero-order valence-corrected chi connectivity index (χ0v) is 13.8. The number of carbonyl (C=O) groups is 1. The predicted octanol–water partition coefficient (Wildman–Crippen LogP) is 2.83. The van der Waals surface area contributed by atoms with Crippen molar-refractivity contribution in [2.45, 2.75) is 12.5 Å². The van der Waals surface area contributed by atoms with E-state index >= 15 is 0 Å². The van der Waals surface area contributed by atoms with Crippen LogP contribution >= 0.6 is 11.6 Å². The Morgan fingerprint density at radius 1 is 1.20 bits per heavy atom. The number of nitrogens with one attached hydrogen (secondary N) is 2. The molecule has 128 valence electrons. The summed E-state index contributed by atoms with van der Waals surface area (Å²) in [6, 6.07) is 9.66. The van der Waals surface area contributed by atoms with Crippen LogP contribution < -0.4 is 16.6 Å². The Morgan fingerprint density at radius 3 is 2.64 bits per heavy atom. The number of benzene rings is 2. The Labute approximate surface area is 147 Å². The van der Waals surface area contributed by atoms with Crippen LogP contribution in [0, 0.1) is 5.82 Å². The van der Waals surface area contributed by atoms with Crippen LogP contribution in [0.1, 0.15) is 5.56 Å². The molecular weight excluding hydrogens is 345 g/mol. The van der Waals surface area contributed by atoms with Gasteiger partial charge in [-0.1, -0.05) is 23.7 Å². The summed E-state index contributed by atoms with van der Waals surface area (Å²) in [5, 5.41) is 4.40. The fourth-order valence-electron chi connectivity index (χ4n) is 2.48. The first-order valence-corrected chi connectivity index (χ1v) is 7.93. The maximum Gasteiger partial charge on any atom is 0.248 e. The summed E-state index contributed by atoms with van der Waals surface area (Å²) in [6.07, 6.45) is 1.81. The number of nitrogens with two attached hydrogens (primary N) is 1. The average molecular weight is 360 g/mol. The second-order valence-corrected chi connectivity index (χ2v) is 6.09. The van der Waals surface area contributed by atoms with Gasteiger partial charge in [-0.3, -0.25) is 9.59 Å². The third-order valence-electron chi connectivity index (χ3n) is 3.79. The minimum atomic E-state index is -0.823. The van der Waals surface area contributed by atoms with Crippen molar-refractivity contribution < 1.29 is 9.18 Å². The van der Waals surface area contributed by atoms with Crippen molar-refractivity contribution in [1.82, 2.24) is 4.98 Å². The number of rotatable bonds is 4. The van der Waals surface area contributed by atoms with Gasteiger partial charge < -0.3 is 16.0 Å². The highest BCUT2D eigenvalue weighted by molar-refractivity contribution is 6.34. The smallest absolute Gasteiger partial charge is 0.248 e. The highest BCUT2D eigenvalue weighted by Gasteiger charge is 2.16. The Kier molecular flexibility index (Phi) is 4.83. The molecule has 1 unspecified atom stereocenters. The van der Waals surface area contributed by atoms with E-state index in [-0.39, 0.29) is 17.8 Å². The lowest BCUT2D eigenvalue weighted by Crippen LogP contribution is -2.37. The number of fused-ring (bicyclic) bond motifs is 1. The zero-order valence-electron chi connectivity index (χ0n) is 13.1. The number of aromatic nitrogens is 1. The van der Waals surface area contributed by atoms with E-state index in [1.54, 1.807) is 30.5 Å². The van der Waals surface area contributed by atoms with E-state index in [1.165, 1.54) is 18.2 Å². The maximum absolute atomic E-state index is 12.9. The van der Waals surface area contributed by atoms with Gasteiger partial charge in [0.2, 0.25) is 11.5 Å². The molecule has 1 heterocycles. The highest BCUT2D eigenvalue weighted by atomic mass is 35.5. The molecule has 2 aromatic carbocycles. The molecule has 0 bridgehead atoms. The van der Waals surface area contributed by atoms with Gasteiger partial charge in [0.25, 0.3) is 0 Å². The van der Waals surface area contributed by atoms with E-state index < -0.39 is 11.9 Å². The van der Waals surface area contributed by atoms with Gasteiger partial charge in [0, 0.05) is 12.3 Å². The fraction of sp³-hybridized carbons (Fsp3) is 0.111. The maximum atomic E-state index is 12.9. The lowest BCUT2D eigenvalue weighted by Gasteiger charge is -2.14. The molecule has 0 radical (unpaired) electrons. The highest BCUT2D eigenvalue weighted by Crippen LogP contribution is 2.27. The standard InChI is InChI=1S/C18H15ClFN3O2/c19-14-6-12-9-22-17(24)8-11(12)7-16(14)23-18(25)15(21)5-10-1-3-13(20)4-2-10/h1-4,6-9,15H,5,21H2,(H,22,24)(H,23,25). The van der Waals surface area contributed by atoms with Crippen molar-refractivity contribution in [2.24, 2.45) is 5.73 Å². The first kappa shape index (κ1) is 17.1. The molecule has 0 spiro atoms. The number of halogens is 2. The molecule has 7 heteroatoms. The molecule has 1 aromatic heterocycles. The molecule has 25 heavy (non-hydrogen) atoms. The number of aromatic amines is 1. The molecule has 0 saturated heterocycles. The Hall–Kier alpha value is -2.70. The van der Waals surface area contributed by atoms with E-state index in [4.69, 9.17) is 17.3 Å². The molecule has 0 saturated carbocycles. The van der Waals surface area contributed by atoms with E-state index in [0.717, 1.165) is 10.9 Å². The summed E-state index contributed by atoms with van der Waals surface area (Å²) in [5.41, 5.74) is 6.79. The number of anilines is 1. The first-order valence-electron chi connectivity index (χ1n) is 7.55. The number of carbonyl (C=O) groups excluding carboxylic acids is 1. The topological polar surface area (TPSA) is 88.0 Å². The summed E-state index contributed by atoms with van der Waals surface area (Å²) in [5.74, 6) is -0.768. The quantitative estimate of drug-likeness (QED) is 0.669. The number of hydrogen-bond donors (Lipinski definition) is 3. The van der Waals surface area contributed by atoms with Gasteiger partial charge >= 0.3 is 0 Å². The van der Waals surface area contributed by atoms with E-state index in [1.807, 2.05) is 0 Å². The minimum Gasteiger partial charge on any atom is -0.328 e. The molecule has 4 N–H and O–H groups in total. The van der Waals surface area contributed by atoms with Gasteiger partial charge in [-0.25, -0.2) is 4.39 Å². The largest absolute Gasteiger partial charge is 0.328 e. The summed E-state index contributed by atoms with van der Waals surface area (Å²) in [4.78, 5) is 26.3. The predicted molar refractivity (Wildman–Crippen MR) is 96.3 cm³/mol. The van der Waals surface area contributed by atoms with Crippen molar-refractivity contribution in [2.75, 3.05) is 5.32 Å². The van der Waals surface area contributed by atoms with Crippen LogP contribution in [0.5, 0.6) is 0 Å². The van der Waals surface area contributed by atoms with E-state index in [9.17, 15) is 14.0 Å². The normalized spacial score (nSPS) is 12.1. The van der Waals surface area contributed by atoms with Crippen LogP contribution in [0.2, 0.25) is 5.02 Å². The van der Waals surface area contributed by atoms with Gasteiger partial charge in [0.15, 0.2) is 0 Å². The van der Waals surface area contributed by atoms with Crippen LogP contribution in [-0.2, 0) is 11.2 Å². The third-order valence-corrected chi connectivity index (χ3v) is 4.11. The molecular formula is C18H15ClFN3O2. The lowest BCUT2D eigenvalue weighted by atomic mass is 10.1. The van der Waals surface area contributed by atoms with Gasteiger partial charge in [-0.15, -0.1) is 0 Å². The molecule has 3 aromatic rings. The fourth-order valence-corrected chi connectivity index (χ4v) is 2.69. The molecule has 0 aliphatic heterocycles. The van der Waals surface area contributed by atoms with Crippen LogP contribution in [0.15, 0.2) is 53.5 Å². The van der Waals surface area contributed by atoms with E-state index in [0.29, 0.717) is 16.1 Å². The lowest BCUT2D eigenvalue weighted by molar-refractivity contribution is -0.117. The molecule has 5 nitrogen and oxygen atoms in total. The number of hydrogen-bond acceptors (Lipinski definition) is 3. The van der Waals surface area contributed by atoms with Crippen molar-refractivity contribution in [1.29, 1.82) is 0 Å². The Balaban J connectivity index is 1.77. The van der Waals surface area contributed by atoms with Gasteiger partial charge in [-0.05, 0) is 47.0 Å². The summed E-state index contributed by atoms with van der Waals surface area (Å²) in [7, 11) is 0. The van der Waals surface area contributed by atoms with Crippen molar-refractivity contribution >= 4 is 34.0 Å². The average Bonchev–Trinajstić information content (AvgIpc) is 2.58. The van der Waals surface area contributed by atoms with Gasteiger partial charge in [-0.2, -0.15) is 0 Å². The number of H-pyrrole nitrogens is 1. The molecule has 0 aliphatic carbocycles. The summed E-state index contributed by atoms with van der Waals surface area (Å²) < 4.78 is 12.9. The first-order chi connectivity index (χ1) is 11.9. The second kappa shape index (κ2) is 7.04. The summed E-state index contributed by atoms with van der Waals surface area (Å²) >= 11 is 6.18. The second-order valence-electron chi connectivity index (χ2n) is 5.68. The van der Waals surface area contributed by atoms with Gasteiger partial charge in [0.1, 0.15) is 5.82 Å². The van der Waals surface area contributed by atoms with Crippen LogP contribution in [0.3, 0.4) is 0 Å². The molecule has 0 fully saturated rings. The Bertz CT molecular complexity index is 986. The monoisotopic (exact) mass is 359 g/mol. The van der Waals surface area contributed by atoms with E-state index in [2.05, 4.69) is 10.3 Å². The van der Waals surface area contributed by atoms with Crippen LogP contribution in [0.4, 0.5) is 10.1 Å². The van der Waals surface area contributed by atoms with Crippen LogP contribution in [-0.4, -0.2) is 16.9 Å². The van der Waals surface area contributed by atoms with Crippen molar-refractivity contribution in [3.63, 3.8) is 0 Å². The number of amides is 1. The molecule has 1 amide bonds. The third kappa shape index (κ3) is 4.04.